The fraction of sp³-hybridized carbons (Fsp3) is 0.294. The van der Waals surface area contributed by atoms with Crippen molar-refractivity contribution in [1.29, 1.82) is 0 Å². The number of hydrogen-bond donors (Lipinski definition) is 1. The van der Waals surface area contributed by atoms with Gasteiger partial charge in [-0.25, -0.2) is 4.39 Å². The first-order chi connectivity index (χ1) is 9.78. The molecule has 0 saturated heterocycles. The molecule has 0 amide bonds. The second kappa shape index (κ2) is 5.63. The number of benzene rings is 2. The molecule has 2 aromatic rings. The van der Waals surface area contributed by atoms with Crippen molar-refractivity contribution in [2.24, 2.45) is 0 Å². The van der Waals surface area contributed by atoms with Crippen molar-refractivity contribution in [3.05, 3.63) is 65.5 Å². The molecule has 0 aromatic heterocycles. The molecule has 0 radical (unpaired) electrons. The summed E-state index contributed by atoms with van der Waals surface area (Å²) in [5.41, 5.74) is 3.55. The van der Waals surface area contributed by atoms with Crippen LogP contribution in [0.2, 0.25) is 0 Å². The smallest absolute Gasteiger partial charge is 0.125 e. The van der Waals surface area contributed by atoms with E-state index in [1.54, 1.807) is 12.1 Å². The Morgan fingerprint density at radius 3 is 2.75 bits per heavy atom. The number of halogens is 1. The minimum Gasteiger partial charge on any atom is -0.369 e. The van der Waals surface area contributed by atoms with Crippen molar-refractivity contribution >= 4 is 5.69 Å². The third-order valence-corrected chi connectivity index (χ3v) is 3.99. The van der Waals surface area contributed by atoms with Crippen LogP contribution in [0.1, 0.15) is 17.2 Å². The lowest BCUT2D eigenvalue weighted by Gasteiger charge is -2.26. The highest BCUT2D eigenvalue weighted by Crippen LogP contribution is 2.30. The third-order valence-electron chi connectivity index (χ3n) is 3.99. The number of rotatable bonds is 4. The predicted molar refractivity (Wildman–Crippen MR) is 80.6 cm³/mol. The average molecular weight is 270 g/mol. The molecule has 0 aliphatic carbocycles. The van der Waals surface area contributed by atoms with E-state index in [9.17, 15) is 4.39 Å². The van der Waals surface area contributed by atoms with Crippen molar-refractivity contribution in [2.75, 3.05) is 25.0 Å². The molecule has 1 aliphatic heterocycles. The standard InChI is InChI=1S/C17H19FN2/c1-19-16(13-5-3-2-4-6-13)12-20-10-9-14-7-8-15(18)11-17(14)20/h2-8,11,16,19H,9-10,12H2,1H3. The summed E-state index contributed by atoms with van der Waals surface area (Å²) < 4.78 is 13.4. The molecule has 0 fully saturated rings. The van der Waals surface area contributed by atoms with Gasteiger partial charge in [-0.2, -0.15) is 0 Å². The van der Waals surface area contributed by atoms with Gasteiger partial charge in [0.1, 0.15) is 5.82 Å². The van der Waals surface area contributed by atoms with Crippen molar-refractivity contribution in [3.63, 3.8) is 0 Å². The number of likely N-dealkylation sites (N-methyl/N-ethyl adjacent to an activating group) is 1. The average Bonchev–Trinajstić information content (AvgIpc) is 2.88. The minimum absolute atomic E-state index is 0.156. The van der Waals surface area contributed by atoms with Crippen LogP contribution in [0.3, 0.4) is 0 Å². The Morgan fingerprint density at radius 1 is 1.20 bits per heavy atom. The Morgan fingerprint density at radius 2 is 2.00 bits per heavy atom. The normalized spacial score (nSPS) is 15.2. The highest BCUT2D eigenvalue weighted by atomic mass is 19.1. The molecule has 0 bridgehead atoms. The van der Waals surface area contributed by atoms with Crippen molar-refractivity contribution in [1.82, 2.24) is 5.32 Å². The summed E-state index contributed by atoms with van der Waals surface area (Å²) >= 11 is 0. The summed E-state index contributed by atoms with van der Waals surface area (Å²) in [5.74, 6) is -0.156. The second-order valence-electron chi connectivity index (χ2n) is 5.22. The molecule has 1 unspecified atom stereocenters. The number of nitrogens with zero attached hydrogens (tertiary/aromatic N) is 1. The van der Waals surface area contributed by atoms with E-state index in [2.05, 4.69) is 34.5 Å². The molecule has 2 aromatic carbocycles. The topological polar surface area (TPSA) is 15.3 Å². The van der Waals surface area contributed by atoms with Crippen molar-refractivity contribution in [2.45, 2.75) is 12.5 Å². The van der Waals surface area contributed by atoms with Crippen LogP contribution in [-0.2, 0) is 6.42 Å². The molecule has 3 heteroatoms. The van der Waals surface area contributed by atoms with Gasteiger partial charge in [-0.3, -0.25) is 0 Å². The fourth-order valence-corrected chi connectivity index (χ4v) is 2.88. The number of anilines is 1. The van der Waals surface area contributed by atoms with Gasteiger partial charge in [-0.15, -0.1) is 0 Å². The van der Waals surface area contributed by atoms with E-state index in [1.807, 2.05) is 19.2 Å². The van der Waals surface area contributed by atoms with Crippen molar-refractivity contribution in [3.8, 4) is 0 Å². The maximum absolute atomic E-state index is 13.4. The summed E-state index contributed by atoms with van der Waals surface area (Å²) in [6.45, 7) is 1.82. The first-order valence-electron chi connectivity index (χ1n) is 7.03. The lowest BCUT2D eigenvalue weighted by molar-refractivity contribution is 0.578. The third kappa shape index (κ3) is 2.54. The van der Waals surface area contributed by atoms with Crippen LogP contribution < -0.4 is 10.2 Å². The van der Waals surface area contributed by atoms with Gasteiger partial charge < -0.3 is 10.2 Å². The van der Waals surface area contributed by atoms with Crippen LogP contribution in [0, 0.1) is 5.82 Å². The first-order valence-corrected chi connectivity index (χ1v) is 7.03. The molecule has 0 spiro atoms. The first kappa shape index (κ1) is 13.1. The Kier molecular flexibility index (Phi) is 3.70. The number of fused-ring (bicyclic) bond motifs is 1. The molecular weight excluding hydrogens is 251 g/mol. The van der Waals surface area contributed by atoms with Gasteiger partial charge in [-0.1, -0.05) is 36.4 Å². The summed E-state index contributed by atoms with van der Waals surface area (Å²) in [4.78, 5) is 2.27. The SMILES string of the molecule is CNC(CN1CCc2ccc(F)cc21)c1ccccc1. The van der Waals surface area contributed by atoms with Gasteiger partial charge in [-0.05, 0) is 36.7 Å². The molecular formula is C17H19FN2. The number of nitrogens with one attached hydrogen (secondary N) is 1. The summed E-state index contributed by atoms with van der Waals surface area (Å²) in [7, 11) is 1.97. The van der Waals surface area contributed by atoms with Crippen LogP contribution in [0.25, 0.3) is 0 Å². The van der Waals surface area contributed by atoms with E-state index in [0.717, 1.165) is 25.2 Å². The monoisotopic (exact) mass is 270 g/mol. The second-order valence-corrected chi connectivity index (χ2v) is 5.22. The van der Waals surface area contributed by atoms with Gasteiger partial charge in [0.25, 0.3) is 0 Å². The molecule has 1 atom stereocenters. The Labute approximate surface area is 119 Å². The van der Waals surface area contributed by atoms with Crippen LogP contribution in [0.4, 0.5) is 10.1 Å². The van der Waals surface area contributed by atoms with Gasteiger partial charge in [0.2, 0.25) is 0 Å². The predicted octanol–water partition coefficient (Wildman–Crippen LogP) is 3.15. The highest BCUT2D eigenvalue weighted by Gasteiger charge is 2.22. The Bertz CT molecular complexity index is 583. The molecule has 2 nitrogen and oxygen atoms in total. The fourth-order valence-electron chi connectivity index (χ4n) is 2.88. The van der Waals surface area contributed by atoms with Crippen molar-refractivity contribution < 1.29 is 4.39 Å². The molecule has 20 heavy (non-hydrogen) atoms. The molecule has 1 N–H and O–H groups in total. The minimum atomic E-state index is -0.156. The highest BCUT2D eigenvalue weighted by molar-refractivity contribution is 5.58. The molecule has 3 rings (SSSR count). The lowest BCUT2D eigenvalue weighted by Crippen LogP contribution is -2.32. The zero-order chi connectivity index (χ0) is 13.9. The summed E-state index contributed by atoms with van der Waals surface area (Å²) in [6.07, 6.45) is 1.00. The van der Waals surface area contributed by atoms with E-state index in [-0.39, 0.29) is 11.9 Å². The van der Waals surface area contributed by atoms with E-state index in [4.69, 9.17) is 0 Å². The van der Waals surface area contributed by atoms with E-state index in [0.29, 0.717) is 0 Å². The van der Waals surface area contributed by atoms with Crippen LogP contribution in [0.5, 0.6) is 0 Å². The largest absolute Gasteiger partial charge is 0.369 e. The molecule has 1 heterocycles. The van der Waals surface area contributed by atoms with Crippen LogP contribution in [0.15, 0.2) is 48.5 Å². The van der Waals surface area contributed by atoms with Gasteiger partial charge in [0.15, 0.2) is 0 Å². The van der Waals surface area contributed by atoms with E-state index in [1.165, 1.54) is 11.1 Å². The summed E-state index contributed by atoms with van der Waals surface area (Å²) in [5, 5.41) is 3.36. The van der Waals surface area contributed by atoms with Crippen LogP contribution >= 0.6 is 0 Å². The van der Waals surface area contributed by atoms with E-state index < -0.39 is 0 Å². The van der Waals surface area contributed by atoms with Gasteiger partial charge in [0, 0.05) is 24.8 Å². The van der Waals surface area contributed by atoms with E-state index >= 15 is 0 Å². The Hall–Kier alpha value is -1.87. The van der Waals surface area contributed by atoms with Gasteiger partial charge in [0.05, 0.1) is 0 Å². The zero-order valence-electron chi connectivity index (χ0n) is 11.6. The quantitative estimate of drug-likeness (QED) is 0.918. The zero-order valence-corrected chi connectivity index (χ0v) is 11.6. The molecule has 104 valence electrons. The molecule has 1 aliphatic rings. The van der Waals surface area contributed by atoms with Crippen LogP contribution in [-0.4, -0.2) is 20.1 Å². The summed E-state index contributed by atoms with van der Waals surface area (Å²) in [6, 6.07) is 15.8. The van der Waals surface area contributed by atoms with Gasteiger partial charge >= 0.3 is 0 Å². The lowest BCUT2D eigenvalue weighted by atomic mass is 10.1. The molecule has 0 saturated carbocycles. The Balaban J connectivity index is 1.81. The maximum atomic E-state index is 13.4. The maximum Gasteiger partial charge on any atom is 0.125 e. The number of hydrogen-bond acceptors (Lipinski definition) is 2.